The SMILES string of the molecule is CCOC(=O)C(C)N1CC[C@@]2(S(=O)(=O)c3ccc(F)cc3)c3ccc(C(O)(C(F)(F)F)C(F)(F)F)cc3CC[C@@H]12. The van der Waals surface area contributed by atoms with Crippen molar-refractivity contribution in [2.45, 2.75) is 72.8 Å². The molecule has 1 N–H and O–H groups in total. The first kappa shape index (κ1) is 30.3. The Labute approximate surface area is 225 Å². The quantitative estimate of drug-likeness (QED) is 0.293. The molecule has 14 heteroatoms. The number of rotatable bonds is 6. The number of likely N-dealkylation sites (tertiary alicyclic amines) is 1. The van der Waals surface area contributed by atoms with E-state index in [2.05, 4.69) is 0 Å². The van der Waals surface area contributed by atoms with Crippen LogP contribution in [0, 0.1) is 5.82 Å². The molecule has 1 aliphatic carbocycles. The van der Waals surface area contributed by atoms with Crippen molar-refractivity contribution in [3.8, 4) is 0 Å². The smallest absolute Gasteiger partial charge is 0.430 e. The molecule has 2 aromatic rings. The Morgan fingerprint density at radius 3 is 2.25 bits per heavy atom. The average Bonchev–Trinajstić information content (AvgIpc) is 3.28. The third-order valence-electron chi connectivity index (χ3n) is 7.90. The van der Waals surface area contributed by atoms with Crippen molar-refractivity contribution in [2.24, 2.45) is 0 Å². The Morgan fingerprint density at radius 1 is 1.10 bits per heavy atom. The molecule has 2 aromatic carbocycles. The predicted octanol–water partition coefficient (Wildman–Crippen LogP) is 4.78. The Hall–Kier alpha value is -2.71. The molecule has 0 bridgehead atoms. The van der Waals surface area contributed by atoms with Crippen molar-refractivity contribution in [3.05, 3.63) is 65.0 Å². The van der Waals surface area contributed by atoms with E-state index in [0.29, 0.717) is 12.1 Å². The van der Waals surface area contributed by atoms with Crippen molar-refractivity contribution in [1.29, 1.82) is 0 Å². The van der Waals surface area contributed by atoms with Gasteiger partial charge in [-0.3, -0.25) is 9.69 Å². The molecular formula is C26H26F7NO5S. The number of halogens is 7. The molecule has 0 radical (unpaired) electrons. The summed E-state index contributed by atoms with van der Waals surface area (Å²) in [5, 5.41) is 9.94. The van der Waals surface area contributed by atoms with Crippen LogP contribution in [0.5, 0.6) is 0 Å². The topological polar surface area (TPSA) is 83.9 Å². The molecule has 1 unspecified atom stereocenters. The highest BCUT2D eigenvalue weighted by molar-refractivity contribution is 7.92. The van der Waals surface area contributed by atoms with Gasteiger partial charge in [0.15, 0.2) is 9.84 Å². The lowest BCUT2D eigenvalue weighted by atomic mass is 9.76. The van der Waals surface area contributed by atoms with E-state index in [-0.39, 0.29) is 48.4 Å². The summed E-state index contributed by atoms with van der Waals surface area (Å²) in [6.45, 7) is 3.22. The number of benzene rings is 2. The van der Waals surface area contributed by atoms with E-state index < -0.39 is 62.0 Å². The molecule has 0 amide bonds. The fraction of sp³-hybridized carbons (Fsp3) is 0.500. The van der Waals surface area contributed by atoms with Gasteiger partial charge in [0.25, 0.3) is 5.60 Å². The van der Waals surface area contributed by atoms with E-state index in [4.69, 9.17) is 4.74 Å². The summed E-state index contributed by atoms with van der Waals surface area (Å²) in [7, 11) is -4.47. The van der Waals surface area contributed by atoms with Crippen molar-refractivity contribution in [2.75, 3.05) is 13.2 Å². The Morgan fingerprint density at radius 2 is 1.70 bits per heavy atom. The number of aryl methyl sites for hydroxylation is 1. The van der Waals surface area contributed by atoms with Gasteiger partial charge in [-0.25, -0.2) is 12.8 Å². The van der Waals surface area contributed by atoms with Gasteiger partial charge in [0.2, 0.25) is 0 Å². The third-order valence-corrected chi connectivity index (χ3v) is 10.4. The Balaban J connectivity index is 1.94. The van der Waals surface area contributed by atoms with E-state index in [9.17, 15) is 49.1 Å². The minimum absolute atomic E-state index is 0.0397. The first-order valence-electron chi connectivity index (χ1n) is 12.4. The first-order valence-corrected chi connectivity index (χ1v) is 13.8. The second-order valence-corrected chi connectivity index (χ2v) is 12.1. The highest BCUT2D eigenvalue weighted by Crippen LogP contribution is 2.55. The van der Waals surface area contributed by atoms with Gasteiger partial charge in [0.05, 0.1) is 11.5 Å². The number of hydrogen-bond donors (Lipinski definition) is 1. The molecule has 1 fully saturated rings. The molecular weight excluding hydrogens is 571 g/mol. The Kier molecular flexibility index (Phi) is 7.55. The van der Waals surface area contributed by atoms with E-state index in [1.165, 1.54) is 6.92 Å². The first-order chi connectivity index (χ1) is 18.4. The molecule has 2 aliphatic rings. The average molecular weight is 598 g/mol. The van der Waals surface area contributed by atoms with Crippen LogP contribution in [0.4, 0.5) is 30.7 Å². The summed E-state index contributed by atoms with van der Waals surface area (Å²) in [4.78, 5) is 13.9. The maximum atomic E-state index is 14.3. The molecule has 0 aromatic heterocycles. The summed E-state index contributed by atoms with van der Waals surface area (Å²) in [5.41, 5.74) is -6.83. The fourth-order valence-electron chi connectivity index (χ4n) is 5.96. The van der Waals surface area contributed by atoms with Gasteiger partial charge in [-0.2, -0.15) is 26.3 Å². The lowest BCUT2D eigenvalue weighted by molar-refractivity contribution is -0.376. The van der Waals surface area contributed by atoms with Gasteiger partial charge in [-0.1, -0.05) is 18.2 Å². The summed E-state index contributed by atoms with van der Waals surface area (Å²) in [5.74, 6) is -1.34. The van der Waals surface area contributed by atoms with Gasteiger partial charge in [0.1, 0.15) is 16.6 Å². The summed E-state index contributed by atoms with van der Waals surface area (Å²) in [6, 6.07) is 3.94. The molecule has 1 saturated heterocycles. The van der Waals surface area contributed by atoms with Crippen LogP contribution in [0.2, 0.25) is 0 Å². The van der Waals surface area contributed by atoms with Crippen molar-refractivity contribution in [1.82, 2.24) is 4.90 Å². The lowest BCUT2D eigenvalue weighted by Crippen LogP contribution is -2.55. The number of esters is 1. The second-order valence-electron chi connectivity index (χ2n) is 9.90. The van der Waals surface area contributed by atoms with Crippen LogP contribution in [0.1, 0.15) is 43.4 Å². The lowest BCUT2D eigenvalue weighted by Gasteiger charge is -2.44. The highest BCUT2D eigenvalue weighted by Gasteiger charge is 2.71. The molecule has 40 heavy (non-hydrogen) atoms. The minimum atomic E-state index is -6.12. The fourth-order valence-corrected chi connectivity index (χ4v) is 8.34. The van der Waals surface area contributed by atoms with Crippen molar-refractivity contribution in [3.63, 3.8) is 0 Å². The van der Waals surface area contributed by atoms with Gasteiger partial charge in [-0.15, -0.1) is 0 Å². The van der Waals surface area contributed by atoms with E-state index in [1.807, 2.05) is 0 Å². The standard InChI is InChI=1S/C26H26F7NO5S/c1-3-39-22(35)15(2)34-13-12-23(40(37,38)19-8-6-18(27)7-9-19)20-10-5-17(14-16(20)4-11-21(23)34)24(36,25(28,29)30)26(31,32)33/h5-10,14-15,21,36H,3-4,11-13H2,1-2H3/t15?,21-,23-/m1/s1. The third kappa shape index (κ3) is 4.38. The molecule has 220 valence electrons. The maximum Gasteiger partial charge on any atom is 0.430 e. The monoisotopic (exact) mass is 597 g/mol. The molecule has 0 saturated carbocycles. The van der Waals surface area contributed by atoms with Crippen LogP contribution in [0.3, 0.4) is 0 Å². The number of ether oxygens (including phenoxy) is 1. The van der Waals surface area contributed by atoms with E-state index in [1.54, 1.807) is 11.8 Å². The van der Waals surface area contributed by atoms with Gasteiger partial charge < -0.3 is 9.84 Å². The minimum Gasteiger partial charge on any atom is -0.465 e. The van der Waals surface area contributed by atoms with Crippen LogP contribution in [-0.2, 0) is 36.1 Å². The second kappa shape index (κ2) is 9.98. The molecule has 4 rings (SSSR count). The van der Waals surface area contributed by atoms with Crippen molar-refractivity contribution < 1.29 is 53.8 Å². The van der Waals surface area contributed by atoms with Crippen LogP contribution in [0.15, 0.2) is 47.4 Å². The number of aliphatic hydroxyl groups is 1. The number of carbonyl (C=O) groups is 1. The molecule has 6 nitrogen and oxygen atoms in total. The highest BCUT2D eigenvalue weighted by atomic mass is 32.2. The maximum absolute atomic E-state index is 14.3. The summed E-state index contributed by atoms with van der Waals surface area (Å²) in [6.07, 6.45) is -12.6. The molecule has 3 atom stereocenters. The summed E-state index contributed by atoms with van der Waals surface area (Å²) >= 11 is 0. The molecule has 0 spiro atoms. The van der Waals surface area contributed by atoms with Crippen molar-refractivity contribution >= 4 is 15.8 Å². The van der Waals surface area contributed by atoms with Crippen LogP contribution < -0.4 is 0 Å². The number of alkyl halides is 6. The zero-order chi connectivity index (χ0) is 29.9. The van der Waals surface area contributed by atoms with Gasteiger partial charge >= 0.3 is 18.3 Å². The van der Waals surface area contributed by atoms with E-state index >= 15 is 0 Å². The normalized spacial score (nSPS) is 22.9. The van der Waals surface area contributed by atoms with Gasteiger partial charge in [-0.05, 0) is 68.5 Å². The zero-order valence-electron chi connectivity index (χ0n) is 21.3. The largest absolute Gasteiger partial charge is 0.465 e. The Bertz CT molecular complexity index is 1380. The zero-order valence-corrected chi connectivity index (χ0v) is 22.1. The number of fused-ring (bicyclic) bond motifs is 3. The van der Waals surface area contributed by atoms with Crippen LogP contribution in [-0.4, -0.2) is 62.0 Å². The number of nitrogens with zero attached hydrogens (tertiary/aromatic N) is 1. The van der Waals surface area contributed by atoms with Crippen LogP contribution in [0.25, 0.3) is 0 Å². The number of hydrogen-bond acceptors (Lipinski definition) is 6. The molecule has 1 heterocycles. The number of carbonyl (C=O) groups excluding carboxylic acids is 1. The molecule has 1 aliphatic heterocycles. The van der Waals surface area contributed by atoms with Gasteiger partial charge in [0, 0.05) is 18.2 Å². The van der Waals surface area contributed by atoms with E-state index in [0.717, 1.165) is 30.3 Å². The number of sulfone groups is 1. The van der Waals surface area contributed by atoms with Crippen LogP contribution >= 0.6 is 0 Å². The predicted molar refractivity (Wildman–Crippen MR) is 127 cm³/mol. The summed E-state index contributed by atoms with van der Waals surface area (Å²) < 4.78 is 127.